The molecule has 0 aromatic carbocycles. The Hall–Kier alpha value is -0.850. The summed E-state index contributed by atoms with van der Waals surface area (Å²) in [5.41, 5.74) is 0.899. The van der Waals surface area contributed by atoms with Gasteiger partial charge in [-0.3, -0.25) is 4.90 Å². The lowest BCUT2D eigenvalue weighted by molar-refractivity contribution is -0.130. The van der Waals surface area contributed by atoms with Crippen LogP contribution >= 0.6 is 31.9 Å². The van der Waals surface area contributed by atoms with Crippen LogP contribution in [0.5, 0.6) is 0 Å². The van der Waals surface area contributed by atoms with E-state index in [0.717, 1.165) is 18.8 Å². The second-order valence-corrected chi connectivity index (χ2v) is 6.89. The number of aliphatic carboxylic acids is 1. The fourth-order valence-corrected chi connectivity index (χ4v) is 3.30. The van der Waals surface area contributed by atoms with Gasteiger partial charge in [-0.05, 0) is 59.3 Å². The summed E-state index contributed by atoms with van der Waals surface area (Å²) in [4.78, 5) is 15.6. The van der Waals surface area contributed by atoms with E-state index in [1.807, 2.05) is 13.0 Å². The van der Waals surface area contributed by atoms with Crippen molar-refractivity contribution in [3.63, 3.8) is 0 Å². The first-order valence-corrected chi connectivity index (χ1v) is 9.52. The van der Waals surface area contributed by atoms with Crippen LogP contribution in [0.25, 0.3) is 10.1 Å². The molecule has 1 saturated heterocycles. The van der Waals surface area contributed by atoms with E-state index >= 15 is 0 Å². The van der Waals surface area contributed by atoms with Gasteiger partial charge in [0.2, 0.25) is 0 Å². The molecule has 0 atom stereocenters. The average Bonchev–Trinajstić information content (AvgIpc) is 2.95. The second kappa shape index (κ2) is 8.85. The number of carboxylic acids is 1. The average molecular weight is 447 g/mol. The van der Waals surface area contributed by atoms with Gasteiger partial charge in [0, 0.05) is 5.56 Å². The maximum Gasteiger partial charge on any atom is 0.336 e. The number of piperidine rings is 1. The molecule has 2 heterocycles. The van der Waals surface area contributed by atoms with Crippen molar-refractivity contribution in [2.45, 2.75) is 39.2 Å². The van der Waals surface area contributed by atoms with Gasteiger partial charge in [0.15, 0.2) is 0 Å². The van der Waals surface area contributed by atoms with E-state index in [2.05, 4.69) is 36.8 Å². The number of hydrogen-bond donors (Lipinski definition) is 1. The first-order chi connectivity index (χ1) is 11.1. The van der Waals surface area contributed by atoms with E-state index in [9.17, 15) is 9.90 Å². The monoisotopic (exact) mass is 445 g/mol. The van der Waals surface area contributed by atoms with Crippen LogP contribution in [0, 0.1) is 0 Å². The third-order valence-electron chi connectivity index (χ3n) is 3.85. The molecule has 0 radical (unpaired) electrons. The molecular formula is C17H21Br2NO3. The minimum absolute atomic E-state index is 0.280. The van der Waals surface area contributed by atoms with Crippen molar-refractivity contribution in [3.05, 3.63) is 34.2 Å². The molecule has 0 saturated carbocycles. The molecule has 126 valence electrons. The van der Waals surface area contributed by atoms with Crippen LogP contribution in [-0.4, -0.2) is 29.1 Å². The number of carboxylic acid groups (broad SMARTS) is 1. The molecule has 0 unspecified atom stereocenters. The van der Waals surface area contributed by atoms with Crippen LogP contribution in [0.15, 0.2) is 21.5 Å². The van der Waals surface area contributed by atoms with Crippen LogP contribution in [-0.2, 0) is 11.3 Å². The van der Waals surface area contributed by atoms with Gasteiger partial charge >= 0.3 is 5.97 Å². The third-order valence-corrected chi connectivity index (χ3v) is 5.51. The highest BCUT2D eigenvalue weighted by molar-refractivity contribution is 9.16. The molecule has 1 aliphatic heterocycles. The maximum atomic E-state index is 11.6. The number of likely N-dealkylation sites (tertiary alicyclic amines) is 1. The summed E-state index contributed by atoms with van der Waals surface area (Å²) >= 11 is 6.70. The van der Waals surface area contributed by atoms with Crippen molar-refractivity contribution in [3.8, 4) is 0 Å². The van der Waals surface area contributed by atoms with Gasteiger partial charge in [-0.2, -0.15) is 0 Å². The first-order valence-electron chi connectivity index (χ1n) is 7.82. The van der Waals surface area contributed by atoms with Crippen molar-refractivity contribution in [2.75, 3.05) is 13.1 Å². The SMILES string of the molecule is CC/C=C(\C(=O)O)c1cc(CN2CCCCC2)oc1/C(Br)=C/Br. The van der Waals surface area contributed by atoms with Gasteiger partial charge in [0.25, 0.3) is 0 Å². The molecule has 2 rings (SSSR count). The lowest BCUT2D eigenvalue weighted by Gasteiger charge is -2.25. The molecule has 0 aliphatic carbocycles. The summed E-state index contributed by atoms with van der Waals surface area (Å²) in [7, 11) is 0. The second-order valence-electron chi connectivity index (χ2n) is 5.58. The smallest absolute Gasteiger partial charge is 0.336 e. The van der Waals surface area contributed by atoms with Gasteiger partial charge in [0.1, 0.15) is 11.5 Å². The zero-order valence-corrected chi connectivity index (χ0v) is 16.3. The van der Waals surface area contributed by atoms with Crippen molar-refractivity contribution in [1.82, 2.24) is 4.90 Å². The largest absolute Gasteiger partial charge is 0.478 e. The Morgan fingerprint density at radius 1 is 1.39 bits per heavy atom. The predicted octanol–water partition coefficient (Wildman–Crippen LogP) is 5.23. The Labute approximate surface area is 153 Å². The maximum absolute atomic E-state index is 11.6. The van der Waals surface area contributed by atoms with E-state index in [-0.39, 0.29) is 5.57 Å². The summed E-state index contributed by atoms with van der Waals surface area (Å²) in [5.74, 6) is 0.413. The highest BCUT2D eigenvalue weighted by Gasteiger charge is 2.22. The number of allylic oxidation sites excluding steroid dienone is 1. The quantitative estimate of drug-likeness (QED) is 0.607. The summed E-state index contributed by atoms with van der Waals surface area (Å²) in [5, 5.41) is 9.50. The molecule has 0 spiro atoms. The summed E-state index contributed by atoms with van der Waals surface area (Å²) in [6, 6.07) is 1.86. The van der Waals surface area contributed by atoms with E-state index in [1.54, 1.807) is 11.1 Å². The first kappa shape index (κ1) is 18.5. The van der Waals surface area contributed by atoms with E-state index < -0.39 is 5.97 Å². The Balaban J connectivity index is 2.35. The van der Waals surface area contributed by atoms with Gasteiger partial charge in [0.05, 0.1) is 16.6 Å². The van der Waals surface area contributed by atoms with Crippen LogP contribution in [0.2, 0.25) is 0 Å². The zero-order valence-electron chi connectivity index (χ0n) is 13.1. The Morgan fingerprint density at radius 2 is 2.09 bits per heavy atom. The van der Waals surface area contributed by atoms with Gasteiger partial charge in [-0.25, -0.2) is 4.79 Å². The third kappa shape index (κ3) is 4.81. The van der Waals surface area contributed by atoms with Crippen LogP contribution in [0.4, 0.5) is 0 Å². The topological polar surface area (TPSA) is 53.7 Å². The van der Waals surface area contributed by atoms with E-state index in [1.165, 1.54) is 19.3 Å². The summed E-state index contributed by atoms with van der Waals surface area (Å²) < 4.78 is 6.65. The lowest BCUT2D eigenvalue weighted by atomic mass is 10.0. The van der Waals surface area contributed by atoms with Crippen molar-refractivity contribution in [1.29, 1.82) is 0 Å². The predicted molar refractivity (Wildman–Crippen MR) is 99.6 cm³/mol. The zero-order chi connectivity index (χ0) is 16.8. The number of halogens is 2. The number of nitrogens with zero attached hydrogens (tertiary/aromatic N) is 1. The highest BCUT2D eigenvalue weighted by atomic mass is 79.9. The summed E-state index contributed by atoms with van der Waals surface area (Å²) in [6.07, 6.45) is 6.08. The molecule has 1 aromatic heterocycles. The van der Waals surface area contributed by atoms with Crippen LogP contribution < -0.4 is 0 Å². The lowest BCUT2D eigenvalue weighted by Crippen LogP contribution is -2.28. The minimum Gasteiger partial charge on any atom is -0.478 e. The van der Waals surface area contributed by atoms with E-state index in [0.29, 0.717) is 28.8 Å². The molecule has 0 bridgehead atoms. The molecule has 1 aromatic rings. The Bertz CT molecular complexity index is 613. The fraction of sp³-hybridized carbons (Fsp3) is 0.471. The molecule has 1 fully saturated rings. The van der Waals surface area contributed by atoms with Gasteiger partial charge in [-0.1, -0.05) is 35.4 Å². The van der Waals surface area contributed by atoms with Crippen molar-refractivity contribution < 1.29 is 14.3 Å². The van der Waals surface area contributed by atoms with Crippen LogP contribution in [0.1, 0.15) is 49.7 Å². The normalized spacial score (nSPS) is 17.5. The highest BCUT2D eigenvalue weighted by Crippen LogP contribution is 2.34. The molecule has 1 aliphatic rings. The summed E-state index contributed by atoms with van der Waals surface area (Å²) in [6.45, 7) is 4.77. The molecular weight excluding hydrogens is 426 g/mol. The Morgan fingerprint density at radius 3 is 2.65 bits per heavy atom. The van der Waals surface area contributed by atoms with E-state index in [4.69, 9.17) is 4.42 Å². The van der Waals surface area contributed by atoms with Crippen molar-refractivity contribution in [2.24, 2.45) is 0 Å². The molecule has 1 N–H and O–H groups in total. The number of rotatable bonds is 6. The van der Waals surface area contributed by atoms with Crippen molar-refractivity contribution >= 4 is 47.9 Å². The number of furan rings is 1. The molecule has 6 heteroatoms. The van der Waals surface area contributed by atoms with Gasteiger partial charge in [-0.15, -0.1) is 0 Å². The number of carbonyl (C=O) groups is 1. The fourth-order valence-electron chi connectivity index (χ4n) is 2.80. The molecule has 23 heavy (non-hydrogen) atoms. The standard InChI is InChI=1S/C17H21Br2NO3/c1-2-6-13(17(21)22)14-9-12(23-16(14)15(19)10-18)11-20-7-4-3-5-8-20/h6,9-10H,2-5,7-8,11H2,1H3,(H,21,22)/b13-6-,15-10-. The van der Waals surface area contributed by atoms with Crippen LogP contribution in [0.3, 0.4) is 0 Å². The number of hydrogen-bond acceptors (Lipinski definition) is 3. The molecule has 4 nitrogen and oxygen atoms in total. The Kier molecular flexibility index (Phi) is 7.11. The van der Waals surface area contributed by atoms with Gasteiger partial charge < -0.3 is 9.52 Å². The molecule has 0 amide bonds. The minimum atomic E-state index is -0.937.